The quantitative estimate of drug-likeness (QED) is 0.263. The molecule has 9 heteroatoms. The Morgan fingerprint density at radius 1 is 0.913 bits per heavy atom. The van der Waals surface area contributed by atoms with E-state index in [2.05, 4.69) is 17.2 Å². The zero-order chi connectivity index (χ0) is 34.2. The average Bonchev–Trinajstić information content (AvgIpc) is 2.92. The Kier molecular flexibility index (Phi) is 12.2. The van der Waals surface area contributed by atoms with Gasteiger partial charge in [0.15, 0.2) is 0 Å². The van der Waals surface area contributed by atoms with Gasteiger partial charge >= 0.3 is 12.1 Å². The molecule has 3 unspecified atom stereocenters. The molecule has 250 valence electrons. The topological polar surface area (TPSA) is 114 Å². The third kappa shape index (κ3) is 10.5. The maximum Gasteiger partial charge on any atom is 0.408 e. The van der Waals surface area contributed by atoms with Crippen LogP contribution in [-0.4, -0.2) is 58.1 Å². The van der Waals surface area contributed by atoms with Crippen LogP contribution in [0.4, 0.5) is 4.79 Å². The van der Waals surface area contributed by atoms with Crippen LogP contribution in [0.3, 0.4) is 0 Å². The molecule has 1 aliphatic carbocycles. The Hall–Kier alpha value is -4.14. The van der Waals surface area contributed by atoms with Crippen LogP contribution >= 0.6 is 0 Å². The van der Waals surface area contributed by atoms with Crippen molar-refractivity contribution in [2.24, 2.45) is 5.92 Å². The third-order valence-electron chi connectivity index (χ3n) is 7.61. The Balaban J connectivity index is 2.08. The molecular formula is C37H51N3O6. The van der Waals surface area contributed by atoms with Crippen molar-refractivity contribution in [2.45, 2.75) is 116 Å². The summed E-state index contributed by atoms with van der Waals surface area (Å²) < 4.78 is 11.2. The van der Waals surface area contributed by atoms with E-state index in [-0.39, 0.29) is 18.4 Å². The number of nitrogens with one attached hydrogen (secondary N) is 2. The molecule has 1 fully saturated rings. The number of nitrogens with zero attached hydrogens (tertiary/aromatic N) is 1. The molecule has 0 spiro atoms. The van der Waals surface area contributed by atoms with E-state index in [1.165, 1.54) is 0 Å². The lowest BCUT2D eigenvalue weighted by atomic mass is 9.87. The van der Waals surface area contributed by atoms with E-state index in [0.717, 1.165) is 17.5 Å². The Labute approximate surface area is 274 Å². The van der Waals surface area contributed by atoms with E-state index in [1.807, 2.05) is 62.4 Å². The number of benzene rings is 2. The van der Waals surface area contributed by atoms with Crippen molar-refractivity contribution >= 4 is 30.0 Å². The molecule has 1 aliphatic rings. The second-order valence-corrected chi connectivity index (χ2v) is 14.3. The summed E-state index contributed by atoms with van der Waals surface area (Å²) in [6, 6.07) is 13.4. The zero-order valence-electron chi connectivity index (χ0n) is 28.6. The summed E-state index contributed by atoms with van der Waals surface area (Å²) in [5.74, 6) is -1.80. The molecule has 0 aliphatic heterocycles. The van der Waals surface area contributed by atoms with Gasteiger partial charge in [-0.1, -0.05) is 75.0 Å². The SMILES string of the molecule is C=Cc1cccc(C(C(=O)NC(Cc2ccccc2)C(=O)OC(C)(C)C)N(C(=O)C(NC(=O)OC(C)(C)C)C(C)C)C2CCC2)c1. The van der Waals surface area contributed by atoms with Crippen LogP contribution in [0.5, 0.6) is 0 Å². The summed E-state index contributed by atoms with van der Waals surface area (Å²) in [6.07, 6.45) is 3.47. The second kappa shape index (κ2) is 15.4. The molecule has 3 rings (SSSR count). The minimum atomic E-state index is -1.10. The standard InChI is InChI=1S/C37H51N3O6/c1-10-25-18-14-19-27(22-25)31(32(41)38-29(34(43)45-36(4,5)6)23-26-16-12-11-13-17-26)40(28-20-15-21-28)33(42)30(24(2)3)39-35(44)46-37(7,8)9/h10-14,16-19,22,24,28-31H,1,15,20-21,23H2,2-9H3,(H,38,41)(H,39,44). The molecule has 0 saturated heterocycles. The molecule has 0 aromatic heterocycles. The van der Waals surface area contributed by atoms with Gasteiger partial charge in [-0.25, -0.2) is 9.59 Å². The number of carbonyl (C=O) groups is 4. The molecule has 9 nitrogen and oxygen atoms in total. The van der Waals surface area contributed by atoms with Crippen molar-refractivity contribution in [3.05, 3.63) is 77.9 Å². The number of hydrogen-bond acceptors (Lipinski definition) is 6. The van der Waals surface area contributed by atoms with Gasteiger partial charge in [-0.2, -0.15) is 0 Å². The summed E-state index contributed by atoms with van der Waals surface area (Å²) in [4.78, 5) is 57.1. The zero-order valence-corrected chi connectivity index (χ0v) is 28.6. The Morgan fingerprint density at radius 3 is 2.07 bits per heavy atom. The van der Waals surface area contributed by atoms with Crippen molar-refractivity contribution in [3.63, 3.8) is 0 Å². The number of rotatable bonds is 12. The minimum absolute atomic E-state index is 0.201. The van der Waals surface area contributed by atoms with Crippen molar-refractivity contribution < 1.29 is 28.7 Å². The Bertz CT molecular complexity index is 1370. The normalized spacial score (nSPS) is 15.5. The van der Waals surface area contributed by atoms with E-state index in [0.29, 0.717) is 18.4 Å². The van der Waals surface area contributed by atoms with Gasteiger partial charge in [0.25, 0.3) is 0 Å². The molecule has 3 amide bonds. The largest absolute Gasteiger partial charge is 0.458 e. The van der Waals surface area contributed by atoms with Crippen LogP contribution in [-0.2, 0) is 30.3 Å². The molecule has 1 saturated carbocycles. The highest BCUT2D eigenvalue weighted by atomic mass is 16.6. The van der Waals surface area contributed by atoms with Crippen molar-refractivity contribution in [1.82, 2.24) is 15.5 Å². The first kappa shape index (κ1) is 36.3. The molecule has 2 aromatic rings. The van der Waals surface area contributed by atoms with Crippen LogP contribution in [0.15, 0.2) is 61.2 Å². The van der Waals surface area contributed by atoms with Crippen LogP contribution < -0.4 is 10.6 Å². The maximum atomic E-state index is 14.6. The van der Waals surface area contributed by atoms with E-state index in [4.69, 9.17) is 9.47 Å². The van der Waals surface area contributed by atoms with Crippen LogP contribution in [0.1, 0.15) is 97.4 Å². The fourth-order valence-electron chi connectivity index (χ4n) is 5.25. The number of amides is 3. The lowest BCUT2D eigenvalue weighted by Crippen LogP contribution is -2.59. The summed E-state index contributed by atoms with van der Waals surface area (Å²) in [6.45, 7) is 18.1. The van der Waals surface area contributed by atoms with E-state index >= 15 is 0 Å². The van der Waals surface area contributed by atoms with Gasteiger partial charge in [0.1, 0.15) is 29.3 Å². The van der Waals surface area contributed by atoms with E-state index in [9.17, 15) is 19.2 Å². The summed E-state index contributed by atoms with van der Waals surface area (Å²) in [7, 11) is 0. The molecule has 2 aromatic carbocycles. The second-order valence-electron chi connectivity index (χ2n) is 14.3. The van der Waals surface area contributed by atoms with Gasteiger partial charge in [0, 0.05) is 12.5 Å². The van der Waals surface area contributed by atoms with Crippen molar-refractivity contribution in [3.8, 4) is 0 Å². The first-order chi connectivity index (χ1) is 21.5. The number of esters is 1. The van der Waals surface area contributed by atoms with Gasteiger partial charge in [0.2, 0.25) is 11.8 Å². The summed E-state index contributed by atoms with van der Waals surface area (Å²) >= 11 is 0. The molecule has 0 heterocycles. The number of hydrogen-bond donors (Lipinski definition) is 2. The van der Waals surface area contributed by atoms with Gasteiger partial charge < -0.3 is 25.0 Å². The van der Waals surface area contributed by atoms with Crippen molar-refractivity contribution in [2.75, 3.05) is 0 Å². The molecule has 0 radical (unpaired) electrons. The number of carbonyl (C=O) groups excluding carboxylic acids is 4. The van der Waals surface area contributed by atoms with E-state index < -0.39 is 53.2 Å². The fourth-order valence-corrected chi connectivity index (χ4v) is 5.25. The average molecular weight is 634 g/mol. The molecule has 3 atom stereocenters. The molecule has 2 N–H and O–H groups in total. The highest BCUT2D eigenvalue weighted by molar-refractivity contribution is 5.94. The number of alkyl carbamates (subject to hydrolysis) is 1. The van der Waals surface area contributed by atoms with Crippen LogP contribution in [0.25, 0.3) is 6.08 Å². The lowest BCUT2D eigenvalue weighted by molar-refractivity contribution is -0.159. The van der Waals surface area contributed by atoms with Gasteiger partial charge in [-0.15, -0.1) is 0 Å². The van der Waals surface area contributed by atoms with Gasteiger partial charge in [-0.05, 0) is 89.5 Å². The smallest absolute Gasteiger partial charge is 0.408 e. The Morgan fingerprint density at radius 2 is 1.54 bits per heavy atom. The van der Waals surface area contributed by atoms with Crippen LogP contribution in [0.2, 0.25) is 0 Å². The van der Waals surface area contributed by atoms with E-state index in [1.54, 1.807) is 58.6 Å². The number of ether oxygens (including phenoxy) is 2. The van der Waals surface area contributed by atoms with Gasteiger partial charge in [-0.3, -0.25) is 9.59 Å². The first-order valence-corrected chi connectivity index (χ1v) is 16.1. The van der Waals surface area contributed by atoms with Crippen LogP contribution in [0, 0.1) is 5.92 Å². The third-order valence-corrected chi connectivity index (χ3v) is 7.61. The predicted octanol–water partition coefficient (Wildman–Crippen LogP) is 6.37. The van der Waals surface area contributed by atoms with Crippen molar-refractivity contribution in [1.29, 1.82) is 0 Å². The molecular weight excluding hydrogens is 582 g/mol. The van der Waals surface area contributed by atoms with Gasteiger partial charge in [0.05, 0.1) is 0 Å². The lowest BCUT2D eigenvalue weighted by Gasteiger charge is -2.44. The first-order valence-electron chi connectivity index (χ1n) is 16.1. The predicted molar refractivity (Wildman–Crippen MR) is 180 cm³/mol. The minimum Gasteiger partial charge on any atom is -0.458 e. The monoisotopic (exact) mass is 633 g/mol. The molecule has 0 bridgehead atoms. The highest BCUT2D eigenvalue weighted by Gasteiger charge is 2.43. The summed E-state index contributed by atoms with van der Waals surface area (Å²) in [5, 5.41) is 5.72. The fraction of sp³-hybridized carbons (Fsp3) is 0.514. The summed E-state index contributed by atoms with van der Waals surface area (Å²) in [5.41, 5.74) is 0.650. The highest BCUT2D eigenvalue weighted by Crippen LogP contribution is 2.35. The molecule has 46 heavy (non-hydrogen) atoms. The maximum absolute atomic E-state index is 14.6.